The Morgan fingerprint density at radius 1 is 1.17 bits per heavy atom. The molecule has 0 N–H and O–H groups in total. The van der Waals surface area contributed by atoms with E-state index >= 15 is 0 Å². The maximum Gasteiger partial charge on any atom is 0.332 e. The van der Waals surface area contributed by atoms with Gasteiger partial charge in [-0.25, -0.2) is 9.78 Å². The van der Waals surface area contributed by atoms with Crippen LogP contribution in [0.1, 0.15) is 19.4 Å². The number of benzene rings is 1. The highest BCUT2D eigenvalue weighted by Crippen LogP contribution is 2.26. The maximum absolute atomic E-state index is 13.2. The van der Waals surface area contributed by atoms with Gasteiger partial charge in [0.05, 0.1) is 6.54 Å². The van der Waals surface area contributed by atoms with Crippen molar-refractivity contribution >= 4 is 33.6 Å². The summed E-state index contributed by atoms with van der Waals surface area (Å²) >= 11 is 2.27. The molecule has 0 radical (unpaired) electrons. The molecule has 156 valence electrons. The summed E-state index contributed by atoms with van der Waals surface area (Å²) in [5.41, 5.74) is 1.36. The van der Waals surface area contributed by atoms with Gasteiger partial charge >= 0.3 is 5.69 Å². The number of hydrogen-bond donors (Lipinski definition) is 0. The van der Waals surface area contributed by atoms with E-state index in [4.69, 9.17) is 5.10 Å². The molecule has 4 rings (SSSR count). The molecule has 0 aliphatic carbocycles. The largest absolute Gasteiger partial charge is 0.333 e. The van der Waals surface area contributed by atoms with E-state index in [2.05, 4.69) is 33.6 Å². The lowest BCUT2D eigenvalue weighted by Gasteiger charge is -2.11. The average Bonchev–Trinajstić information content (AvgIpc) is 3.26. The van der Waals surface area contributed by atoms with Crippen LogP contribution in [0, 0.1) is 9.49 Å². The molecular formula is C21H23IN6O2. The van der Waals surface area contributed by atoms with Gasteiger partial charge in [0.2, 0.25) is 0 Å². The summed E-state index contributed by atoms with van der Waals surface area (Å²) in [6.07, 6.45) is 3.52. The van der Waals surface area contributed by atoms with Crippen molar-refractivity contribution in [2.45, 2.75) is 26.9 Å². The van der Waals surface area contributed by atoms with E-state index in [-0.39, 0.29) is 17.2 Å². The second-order valence-corrected chi connectivity index (χ2v) is 9.09. The van der Waals surface area contributed by atoms with E-state index in [0.717, 1.165) is 13.7 Å². The highest BCUT2D eigenvalue weighted by Gasteiger charge is 2.24. The van der Waals surface area contributed by atoms with Crippen LogP contribution in [0.2, 0.25) is 0 Å². The lowest BCUT2D eigenvalue weighted by molar-refractivity contribution is 0.498. The standard InChI is InChI=1S/C21H23IN6O2/c1-13(2)11-27-18-16(20(29)26(4)21(27)30)17(19-23-8-9-25(19)3)28(24-18)12-14-6-5-7-15(22)10-14/h5-10,13H,11-12H2,1-4H3. The Labute approximate surface area is 186 Å². The van der Waals surface area contributed by atoms with Crippen LogP contribution in [0.25, 0.3) is 22.6 Å². The lowest BCUT2D eigenvalue weighted by atomic mass is 10.2. The van der Waals surface area contributed by atoms with E-state index in [9.17, 15) is 9.59 Å². The maximum atomic E-state index is 13.2. The number of halogens is 1. The zero-order valence-corrected chi connectivity index (χ0v) is 19.5. The fourth-order valence-electron chi connectivity index (χ4n) is 3.63. The van der Waals surface area contributed by atoms with Crippen molar-refractivity contribution in [3.63, 3.8) is 0 Å². The van der Waals surface area contributed by atoms with Gasteiger partial charge in [-0.2, -0.15) is 5.10 Å². The Morgan fingerprint density at radius 2 is 1.93 bits per heavy atom. The molecule has 0 atom stereocenters. The predicted molar refractivity (Wildman–Crippen MR) is 125 cm³/mol. The van der Waals surface area contributed by atoms with Gasteiger partial charge in [-0.05, 0) is 46.2 Å². The molecule has 3 aromatic heterocycles. The molecule has 0 aliphatic heterocycles. The summed E-state index contributed by atoms with van der Waals surface area (Å²) < 4.78 is 7.52. The number of aromatic nitrogens is 6. The molecule has 0 saturated heterocycles. The first-order chi connectivity index (χ1) is 14.3. The van der Waals surface area contributed by atoms with Crippen molar-refractivity contribution in [3.8, 4) is 11.5 Å². The van der Waals surface area contributed by atoms with Gasteiger partial charge < -0.3 is 4.57 Å². The first-order valence-electron chi connectivity index (χ1n) is 9.70. The van der Waals surface area contributed by atoms with Gasteiger partial charge in [-0.3, -0.25) is 18.6 Å². The molecule has 0 fully saturated rings. The Balaban J connectivity index is 2.08. The van der Waals surface area contributed by atoms with Crippen LogP contribution in [0.15, 0.2) is 46.2 Å². The van der Waals surface area contributed by atoms with Crippen LogP contribution < -0.4 is 11.2 Å². The van der Waals surface area contributed by atoms with Crippen molar-refractivity contribution in [2.24, 2.45) is 20.0 Å². The first kappa shape index (κ1) is 20.6. The Morgan fingerprint density at radius 3 is 2.57 bits per heavy atom. The van der Waals surface area contributed by atoms with Crippen LogP contribution in [0.4, 0.5) is 0 Å². The van der Waals surface area contributed by atoms with Crippen molar-refractivity contribution in [1.82, 2.24) is 28.5 Å². The number of hydrogen-bond acceptors (Lipinski definition) is 4. The second kappa shape index (κ2) is 7.86. The molecule has 3 heterocycles. The summed E-state index contributed by atoms with van der Waals surface area (Å²) in [6.45, 7) is 5.01. The van der Waals surface area contributed by atoms with Gasteiger partial charge in [0.15, 0.2) is 11.5 Å². The Bertz CT molecular complexity index is 1360. The summed E-state index contributed by atoms with van der Waals surface area (Å²) in [5, 5.41) is 5.18. The van der Waals surface area contributed by atoms with Crippen LogP contribution in [-0.2, 0) is 27.2 Å². The zero-order chi connectivity index (χ0) is 21.6. The summed E-state index contributed by atoms with van der Waals surface area (Å²) in [6, 6.07) is 8.12. The minimum atomic E-state index is -0.359. The molecule has 1 aromatic carbocycles. The Kier molecular flexibility index (Phi) is 5.39. The molecule has 0 saturated carbocycles. The normalized spacial score (nSPS) is 11.7. The molecule has 0 unspecified atom stereocenters. The lowest BCUT2D eigenvalue weighted by Crippen LogP contribution is -2.38. The minimum Gasteiger partial charge on any atom is -0.333 e. The Hall–Kier alpha value is -2.69. The average molecular weight is 518 g/mol. The first-order valence-corrected chi connectivity index (χ1v) is 10.8. The highest BCUT2D eigenvalue weighted by molar-refractivity contribution is 14.1. The second-order valence-electron chi connectivity index (χ2n) is 7.85. The highest BCUT2D eigenvalue weighted by atomic mass is 127. The smallest absolute Gasteiger partial charge is 0.332 e. The number of fused-ring (bicyclic) bond motifs is 1. The van der Waals surface area contributed by atoms with E-state index in [1.807, 2.05) is 49.9 Å². The van der Waals surface area contributed by atoms with Crippen molar-refractivity contribution in [3.05, 3.63) is 66.6 Å². The molecule has 0 bridgehead atoms. The molecule has 0 aliphatic rings. The predicted octanol–water partition coefficient (Wildman–Crippen LogP) is 2.61. The van der Waals surface area contributed by atoms with Crippen LogP contribution in [-0.4, -0.2) is 28.5 Å². The zero-order valence-electron chi connectivity index (χ0n) is 17.3. The fourth-order valence-corrected chi connectivity index (χ4v) is 4.24. The van der Waals surface area contributed by atoms with Crippen molar-refractivity contribution < 1.29 is 0 Å². The number of aryl methyl sites for hydroxylation is 1. The van der Waals surface area contributed by atoms with E-state index in [1.165, 1.54) is 7.05 Å². The fraction of sp³-hybridized carbons (Fsp3) is 0.333. The quantitative estimate of drug-likeness (QED) is 0.381. The molecule has 0 spiro atoms. The van der Waals surface area contributed by atoms with Crippen LogP contribution in [0.5, 0.6) is 0 Å². The van der Waals surface area contributed by atoms with Gasteiger partial charge in [0.1, 0.15) is 11.1 Å². The third-order valence-corrected chi connectivity index (χ3v) is 5.70. The van der Waals surface area contributed by atoms with Gasteiger partial charge in [0.25, 0.3) is 5.56 Å². The molecular weight excluding hydrogens is 495 g/mol. The van der Waals surface area contributed by atoms with Crippen molar-refractivity contribution in [1.29, 1.82) is 0 Å². The topological polar surface area (TPSA) is 79.6 Å². The summed E-state index contributed by atoms with van der Waals surface area (Å²) in [7, 11) is 3.39. The third-order valence-electron chi connectivity index (χ3n) is 5.03. The van der Waals surface area contributed by atoms with E-state index in [0.29, 0.717) is 35.6 Å². The summed E-state index contributed by atoms with van der Waals surface area (Å²) in [5.74, 6) is 0.857. The molecule has 30 heavy (non-hydrogen) atoms. The van der Waals surface area contributed by atoms with E-state index < -0.39 is 0 Å². The summed E-state index contributed by atoms with van der Waals surface area (Å²) in [4.78, 5) is 30.5. The number of nitrogens with zero attached hydrogens (tertiary/aromatic N) is 6. The van der Waals surface area contributed by atoms with Gasteiger partial charge in [-0.15, -0.1) is 0 Å². The molecule has 8 nitrogen and oxygen atoms in total. The van der Waals surface area contributed by atoms with Crippen LogP contribution in [0.3, 0.4) is 0 Å². The minimum absolute atomic E-state index is 0.223. The number of rotatable bonds is 5. The van der Waals surface area contributed by atoms with Gasteiger partial charge in [0, 0.05) is 36.6 Å². The molecule has 0 amide bonds. The monoisotopic (exact) mass is 518 g/mol. The molecule has 9 heteroatoms. The SMILES string of the molecule is CC(C)Cn1c(=O)n(C)c(=O)c2c(-c3nccn3C)n(Cc3cccc(I)c3)nc21. The van der Waals surface area contributed by atoms with Gasteiger partial charge in [-0.1, -0.05) is 26.0 Å². The van der Waals surface area contributed by atoms with Crippen molar-refractivity contribution in [2.75, 3.05) is 0 Å². The van der Waals surface area contributed by atoms with Crippen LogP contribution >= 0.6 is 22.6 Å². The van der Waals surface area contributed by atoms with E-state index in [1.54, 1.807) is 15.4 Å². The third kappa shape index (κ3) is 3.51. The molecule has 4 aromatic rings. The number of imidazole rings is 1.